The molecule has 0 aliphatic rings. The SMILES string of the molecule is C=CCN(C/C=C\CCC)c1ccc(C#N)cc1. The van der Waals surface area contributed by atoms with Crippen LogP contribution in [0.3, 0.4) is 0 Å². The summed E-state index contributed by atoms with van der Waals surface area (Å²) in [6, 6.07) is 9.79. The monoisotopic (exact) mass is 240 g/mol. The van der Waals surface area contributed by atoms with Gasteiger partial charge in [0, 0.05) is 18.8 Å². The minimum absolute atomic E-state index is 0.693. The molecule has 18 heavy (non-hydrogen) atoms. The second-order valence-corrected chi connectivity index (χ2v) is 4.11. The van der Waals surface area contributed by atoms with E-state index in [1.807, 2.05) is 30.3 Å². The highest BCUT2D eigenvalue weighted by Gasteiger charge is 2.02. The molecule has 0 radical (unpaired) electrons. The van der Waals surface area contributed by atoms with Gasteiger partial charge in [-0.2, -0.15) is 5.26 Å². The molecule has 0 saturated carbocycles. The quantitative estimate of drug-likeness (QED) is 0.676. The van der Waals surface area contributed by atoms with Crippen molar-refractivity contribution in [1.82, 2.24) is 0 Å². The molecule has 1 aromatic carbocycles. The first-order valence-corrected chi connectivity index (χ1v) is 6.32. The molecule has 0 fully saturated rings. The van der Waals surface area contributed by atoms with Crippen molar-refractivity contribution in [2.24, 2.45) is 0 Å². The lowest BCUT2D eigenvalue weighted by Crippen LogP contribution is -2.23. The zero-order valence-corrected chi connectivity index (χ0v) is 11.0. The molecular weight excluding hydrogens is 220 g/mol. The number of nitrogens with zero attached hydrogens (tertiary/aromatic N) is 2. The largest absolute Gasteiger partial charge is 0.364 e. The predicted octanol–water partition coefficient (Wildman–Crippen LogP) is 3.91. The Hall–Kier alpha value is -2.01. The summed E-state index contributed by atoms with van der Waals surface area (Å²) < 4.78 is 0. The molecule has 94 valence electrons. The van der Waals surface area contributed by atoms with E-state index in [4.69, 9.17) is 5.26 Å². The van der Waals surface area contributed by atoms with Gasteiger partial charge in [0.05, 0.1) is 11.6 Å². The number of hydrogen-bond donors (Lipinski definition) is 0. The van der Waals surface area contributed by atoms with E-state index in [-0.39, 0.29) is 0 Å². The van der Waals surface area contributed by atoms with Gasteiger partial charge in [0.15, 0.2) is 0 Å². The van der Waals surface area contributed by atoms with E-state index in [0.29, 0.717) is 5.56 Å². The number of unbranched alkanes of at least 4 members (excludes halogenated alkanes) is 1. The highest BCUT2D eigenvalue weighted by molar-refractivity contribution is 5.50. The second-order valence-electron chi connectivity index (χ2n) is 4.11. The molecule has 0 saturated heterocycles. The number of nitriles is 1. The minimum Gasteiger partial charge on any atom is -0.364 e. The van der Waals surface area contributed by atoms with Crippen LogP contribution in [-0.4, -0.2) is 13.1 Å². The van der Waals surface area contributed by atoms with Gasteiger partial charge in [-0.25, -0.2) is 0 Å². The maximum absolute atomic E-state index is 8.78. The Morgan fingerprint density at radius 2 is 1.94 bits per heavy atom. The van der Waals surface area contributed by atoms with Crippen molar-refractivity contribution in [3.8, 4) is 6.07 Å². The molecule has 0 heterocycles. The van der Waals surface area contributed by atoms with Crippen LogP contribution in [0.1, 0.15) is 25.3 Å². The van der Waals surface area contributed by atoms with Crippen LogP contribution < -0.4 is 4.90 Å². The van der Waals surface area contributed by atoms with Crippen LogP contribution in [0.5, 0.6) is 0 Å². The van der Waals surface area contributed by atoms with E-state index in [2.05, 4.69) is 36.6 Å². The first-order valence-electron chi connectivity index (χ1n) is 6.32. The predicted molar refractivity (Wildman–Crippen MR) is 77.6 cm³/mol. The molecule has 2 nitrogen and oxygen atoms in total. The second kappa shape index (κ2) is 8.14. The first-order chi connectivity index (χ1) is 8.81. The summed E-state index contributed by atoms with van der Waals surface area (Å²) in [5, 5.41) is 8.78. The summed E-state index contributed by atoms with van der Waals surface area (Å²) in [5.41, 5.74) is 1.81. The number of benzene rings is 1. The summed E-state index contributed by atoms with van der Waals surface area (Å²) in [6.45, 7) is 7.64. The lowest BCUT2D eigenvalue weighted by atomic mass is 10.2. The van der Waals surface area contributed by atoms with Crippen LogP contribution in [0.25, 0.3) is 0 Å². The lowest BCUT2D eigenvalue weighted by Gasteiger charge is -2.21. The highest BCUT2D eigenvalue weighted by Crippen LogP contribution is 2.15. The zero-order chi connectivity index (χ0) is 13.2. The molecule has 1 aromatic rings. The van der Waals surface area contributed by atoms with Crippen molar-refractivity contribution in [1.29, 1.82) is 5.26 Å². The van der Waals surface area contributed by atoms with Gasteiger partial charge in [0.2, 0.25) is 0 Å². The van der Waals surface area contributed by atoms with Gasteiger partial charge in [-0.15, -0.1) is 6.58 Å². The Balaban J connectivity index is 2.70. The van der Waals surface area contributed by atoms with E-state index < -0.39 is 0 Å². The molecule has 0 N–H and O–H groups in total. The van der Waals surface area contributed by atoms with Crippen molar-refractivity contribution in [3.63, 3.8) is 0 Å². The van der Waals surface area contributed by atoms with Crippen molar-refractivity contribution in [2.45, 2.75) is 19.8 Å². The molecule has 0 aliphatic carbocycles. The maximum atomic E-state index is 8.78. The van der Waals surface area contributed by atoms with E-state index in [0.717, 1.165) is 25.2 Å². The minimum atomic E-state index is 0.693. The van der Waals surface area contributed by atoms with Gasteiger partial charge in [-0.05, 0) is 30.7 Å². The first kappa shape index (κ1) is 14.1. The molecule has 2 heteroatoms. The molecule has 0 amide bonds. The fourth-order valence-corrected chi connectivity index (χ4v) is 1.67. The lowest BCUT2D eigenvalue weighted by molar-refractivity contribution is 0.927. The maximum Gasteiger partial charge on any atom is 0.0991 e. The molecule has 0 aliphatic heterocycles. The normalized spacial score (nSPS) is 10.2. The number of anilines is 1. The molecule has 0 atom stereocenters. The number of hydrogen-bond acceptors (Lipinski definition) is 2. The summed E-state index contributed by atoms with van der Waals surface area (Å²) in [6.07, 6.45) is 8.58. The van der Waals surface area contributed by atoms with Crippen LogP contribution in [0.2, 0.25) is 0 Å². The smallest absolute Gasteiger partial charge is 0.0991 e. The van der Waals surface area contributed by atoms with Crippen LogP contribution in [0, 0.1) is 11.3 Å². The van der Waals surface area contributed by atoms with E-state index in [9.17, 15) is 0 Å². The average Bonchev–Trinajstić information content (AvgIpc) is 2.42. The Morgan fingerprint density at radius 3 is 2.50 bits per heavy atom. The highest BCUT2D eigenvalue weighted by atomic mass is 15.1. The molecule has 0 aromatic heterocycles. The van der Waals surface area contributed by atoms with Crippen LogP contribution in [0.4, 0.5) is 5.69 Å². The molecule has 0 unspecified atom stereocenters. The summed E-state index contributed by atoms with van der Waals surface area (Å²) in [5.74, 6) is 0. The Labute approximate surface area is 110 Å². The Morgan fingerprint density at radius 1 is 1.22 bits per heavy atom. The third-order valence-corrected chi connectivity index (χ3v) is 2.66. The summed E-state index contributed by atoms with van der Waals surface area (Å²) in [7, 11) is 0. The van der Waals surface area contributed by atoms with Crippen molar-refractivity contribution < 1.29 is 0 Å². The third-order valence-electron chi connectivity index (χ3n) is 2.66. The number of allylic oxidation sites excluding steroid dienone is 1. The Bertz CT molecular complexity index is 423. The van der Waals surface area contributed by atoms with Gasteiger partial charge >= 0.3 is 0 Å². The van der Waals surface area contributed by atoms with Crippen LogP contribution >= 0.6 is 0 Å². The van der Waals surface area contributed by atoms with Crippen LogP contribution in [0.15, 0.2) is 49.1 Å². The third kappa shape index (κ3) is 4.47. The topological polar surface area (TPSA) is 27.0 Å². The average molecular weight is 240 g/mol. The van der Waals surface area contributed by atoms with E-state index in [1.165, 1.54) is 6.42 Å². The molecule has 0 spiro atoms. The Kier molecular flexibility index (Phi) is 6.35. The summed E-state index contributed by atoms with van der Waals surface area (Å²) in [4.78, 5) is 2.22. The fraction of sp³-hybridized carbons (Fsp3) is 0.312. The molecular formula is C16H20N2. The van der Waals surface area contributed by atoms with Gasteiger partial charge in [-0.3, -0.25) is 0 Å². The fourth-order valence-electron chi connectivity index (χ4n) is 1.67. The molecule has 0 bridgehead atoms. The van der Waals surface area contributed by atoms with Crippen LogP contribution in [-0.2, 0) is 0 Å². The van der Waals surface area contributed by atoms with E-state index in [1.54, 1.807) is 0 Å². The standard InChI is InChI=1S/C16H20N2/c1-3-5-6-7-13-18(12-4-2)16-10-8-15(14-17)9-11-16/h4,6-11H,2-3,5,12-13H2,1H3/b7-6-. The summed E-state index contributed by atoms with van der Waals surface area (Å²) >= 11 is 0. The van der Waals surface area contributed by atoms with Gasteiger partial charge in [0.25, 0.3) is 0 Å². The van der Waals surface area contributed by atoms with Crippen molar-refractivity contribution in [3.05, 3.63) is 54.6 Å². The zero-order valence-electron chi connectivity index (χ0n) is 11.0. The number of rotatable bonds is 7. The van der Waals surface area contributed by atoms with Crippen molar-refractivity contribution in [2.75, 3.05) is 18.0 Å². The van der Waals surface area contributed by atoms with Gasteiger partial charge in [-0.1, -0.05) is 31.6 Å². The van der Waals surface area contributed by atoms with Crippen molar-refractivity contribution >= 4 is 5.69 Å². The van der Waals surface area contributed by atoms with E-state index >= 15 is 0 Å². The van der Waals surface area contributed by atoms with Gasteiger partial charge < -0.3 is 4.90 Å². The molecule has 1 rings (SSSR count). The van der Waals surface area contributed by atoms with Gasteiger partial charge in [0.1, 0.15) is 0 Å².